The number of carbonyl (C=O) groups is 1. The maximum atomic E-state index is 13.1. The van der Waals surface area contributed by atoms with Gasteiger partial charge in [0.2, 0.25) is 0 Å². The molecule has 0 bridgehead atoms. The molecule has 1 aromatic carbocycles. The Labute approximate surface area is 163 Å². The van der Waals surface area contributed by atoms with Gasteiger partial charge in [-0.05, 0) is 35.0 Å². The average molecular weight is 393 g/mol. The molecule has 6 nitrogen and oxygen atoms in total. The van der Waals surface area contributed by atoms with Crippen molar-refractivity contribution < 1.29 is 4.79 Å². The number of hydrogen-bond acceptors (Lipinski definition) is 6. The molecule has 27 heavy (non-hydrogen) atoms. The van der Waals surface area contributed by atoms with Crippen LogP contribution in [0, 0.1) is 0 Å². The highest BCUT2D eigenvalue weighted by Gasteiger charge is 2.34. The number of rotatable bonds is 4. The molecule has 1 unspecified atom stereocenters. The van der Waals surface area contributed by atoms with Gasteiger partial charge in [0.25, 0.3) is 5.91 Å². The molecule has 0 saturated carbocycles. The number of hydrazone groups is 1. The van der Waals surface area contributed by atoms with Crippen LogP contribution < -0.4 is 0 Å². The van der Waals surface area contributed by atoms with Crippen LogP contribution >= 0.6 is 22.7 Å². The summed E-state index contributed by atoms with van der Waals surface area (Å²) in [4.78, 5) is 15.4. The Kier molecular flexibility index (Phi) is 4.06. The van der Waals surface area contributed by atoms with E-state index in [1.54, 1.807) is 32.4 Å². The van der Waals surface area contributed by atoms with Crippen LogP contribution in [0.3, 0.4) is 0 Å². The number of hydrogen-bond donors (Lipinski definition) is 0. The molecule has 0 fully saturated rings. The van der Waals surface area contributed by atoms with Crippen LogP contribution in [0.4, 0.5) is 0 Å². The summed E-state index contributed by atoms with van der Waals surface area (Å²) in [5, 5.41) is 18.6. The molecule has 1 aliphatic heterocycles. The van der Waals surface area contributed by atoms with Crippen LogP contribution in [-0.2, 0) is 11.3 Å². The molecule has 0 radical (unpaired) electrons. The average Bonchev–Trinajstić information content (AvgIpc) is 3.47. The molecular formula is C19H15N5OS2. The van der Waals surface area contributed by atoms with E-state index in [0.717, 1.165) is 32.9 Å². The van der Waals surface area contributed by atoms with Crippen molar-refractivity contribution in [3.63, 3.8) is 0 Å². The van der Waals surface area contributed by atoms with Gasteiger partial charge in [-0.25, -0.2) is 9.69 Å². The van der Waals surface area contributed by atoms with Crippen molar-refractivity contribution in [3.05, 3.63) is 69.0 Å². The molecule has 4 aromatic rings. The standard InChI is InChI=1S/C19H15N5OS2/c25-19(12-23-15-6-2-1-5-13(15)20-22-23)24-16(18-8-4-10-27-18)11-14(21-24)17-7-3-9-26-17/h1-10,16H,11-12H2. The molecule has 0 aliphatic carbocycles. The lowest BCUT2D eigenvalue weighted by molar-refractivity contribution is -0.133. The van der Waals surface area contributed by atoms with Crippen LogP contribution in [0.25, 0.3) is 11.0 Å². The number of aromatic nitrogens is 3. The summed E-state index contributed by atoms with van der Waals surface area (Å²) in [7, 11) is 0. The lowest BCUT2D eigenvalue weighted by atomic mass is 10.1. The maximum absolute atomic E-state index is 13.1. The van der Waals surface area contributed by atoms with Crippen LogP contribution in [0.1, 0.15) is 22.2 Å². The van der Waals surface area contributed by atoms with Crippen LogP contribution in [-0.4, -0.2) is 31.6 Å². The normalized spacial score (nSPS) is 16.8. The first kappa shape index (κ1) is 16.3. The van der Waals surface area contributed by atoms with E-state index in [1.807, 2.05) is 53.2 Å². The third-order valence-electron chi connectivity index (χ3n) is 4.55. The molecular weight excluding hydrogens is 378 g/mol. The summed E-state index contributed by atoms with van der Waals surface area (Å²) in [5.74, 6) is -0.0874. The van der Waals surface area contributed by atoms with Crippen molar-refractivity contribution in [1.82, 2.24) is 20.0 Å². The minimum absolute atomic E-state index is 0.0654. The summed E-state index contributed by atoms with van der Waals surface area (Å²) in [6, 6.07) is 15.7. The van der Waals surface area contributed by atoms with Crippen molar-refractivity contribution >= 4 is 45.3 Å². The highest BCUT2D eigenvalue weighted by Crippen LogP contribution is 2.36. The second-order valence-corrected chi connectivity index (χ2v) is 8.16. The van der Waals surface area contributed by atoms with Gasteiger partial charge in [0.05, 0.1) is 22.1 Å². The first-order valence-electron chi connectivity index (χ1n) is 8.54. The quantitative estimate of drug-likeness (QED) is 0.528. The first-order chi connectivity index (χ1) is 13.3. The van der Waals surface area contributed by atoms with E-state index in [0.29, 0.717) is 0 Å². The maximum Gasteiger partial charge on any atom is 0.265 e. The molecule has 1 amide bonds. The van der Waals surface area contributed by atoms with E-state index < -0.39 is 0 Å². The van der Waals surface area contributed by atoms with Crippen LogP contribution in [0.5, 0.6) is 0 Å². The number of thiophene rings is 2. The third kappa shape index (κ3) is 2.96. The highest BCUT2D eigenvalue weighted by molar-refractivity contribution is 7.12. The van der Waals surface area contributed by atoms with Gasteiger partial charge in [0.1, 0.15) is 12.1 Å². The fourth-order valence-electron chi connectivity index (χ4n) is 3.27. The molecule has 0 N–H and O–H groups in total. The van der Waals surface area contributed by atoms with E-state index in [1.165, 1.54) is 0 Å². The minimum atomic E-state index is -0.0874. The smallest absolute Gasteiger partial charge is 0.265 e. The lowest BCUT2D eigenvalue weighted by Gasteiger charge is -2.20. The van der Waals surface area contributed by atoms with E-state index in [-0.39, 0.29) is 18.5 Å². The van der Waals surface area contributed by atoms with Gasteiger partial charge in [-0.1, -0.05) is 29.5 Å². The third-order valence-corrected chi connectivity index (χ3v) is 6.44. The van der Waals surface area contributed by atoms with E-state index in [9.17, 15) is 4.79 Å². The van der Waals surface area contributed by atoms with Crippen LogP contribution in [0.2, 0.25) is 0 Å². The van der Waals surface area contributed by atoms with Crippen molar-refractivity contribution in [2.75, 3.05) is 0 Å². The van der Waals surface area contributed by atoms with Gasteiger partial charge in [-0.2, -0.15) is 5.10 Å². The SMILES string of the molecule is O=C(Cn1nnc2ccccc21)N1N=C(c2cccs2)CC1c1cccs1. The molecule has 5 rings (SSSR count). The number of amides is 1. The summed E-state index contributed by atoms with van der Waals surface area (Å²) in [6.07, 6.45) is 0.727. The van der Waals surface area contributed by atoms with E-state index in [4.69, 9.17) is 0 Å². The van der Waals surface area contributed by atoms with Crippen molar-refractivity contribution in [1.29, 1.82) is 0 Å². The fraction of sp³-hybridized carbons (Fsp3) is 0.158. The van der Waals surface area contributed by atoms with Gasteiger partial charge < -0.3 is 0 Å². The second-order valence-electron chi connectivity index (χ2n) is 6.23. The summed E-state index contributed by atoms with van der Waals surface area (Å²) in [6.45, 7) is 0.115. The Hall–Kier alpha value is -2.84. The van der Waals surface area contributed by atoms with Gasteiger partial charge in [-0.3, -0.25) is 4.79 Å². The topological polar surface area (TPSA) is 63.4 Å². The predicted octanol–water partition coefficient (Wildman–Crippen LogP) is 3.93. The fourth-order valence-corrected chi connectivity index (χ4v) is 4.80. The van der Waals surface area contributed by atoms with E-state index in [2.05, 4.69) is 21.5 Å². The van der Waals surface area contributed by atoms with Crippen molar-refractivity contribution in [2.45, 2.75) is 19.0 Å². The van der Waals surface area contributed by atoms with E-state index >= 15 is 0 Å². The Morgan fingerprint density at radius 1 is 1.07 bits per heavy atom. The highest BCUT2D eigenvalue weighted by atomic mass is 32.1. The Morgan fingerprint density at radius 2 is 1.93 bits per heavy atom. The number of carbonyl (C=O) groups excluding carboxylic acids is 1. The molecule has 1 atom stereocenters. The molecule has 3 aromatic heterocycles. The Morgan fingerprint density at radius 3 is 2.74 bits per heavy atom. The Bertz CT molecular complexity index is 1110. The second kappa shape index (κ2) is 6.71. The number of fused-ring (bicyclic) bond motifs is 1. The lowest BCUT2D eigenvalue weighted by Crippen LogP contribution is -2.30. The number of para-hydroxylation sites is 1. The molecule has 1 aliphatic rings. The zero-order valence-electron chi connectivity index (χ0n) is 14.2. The first-order valence-corrected chi connectivity index (χ1v) is 10.3. The van der Waals surface area contributed by atoms with Gasteiger partial charge in [0.15, 0.2) is 0 Å². The summed E-state index contributed by atoms with van der Waals surface area (Å²) in [5.41, 5.74) is 2.59. The zero-order valence-corrected chi connectivity index (χ0v) is 15.9. The zero-order chi connectivity index (χ0) is 18.2. The molecule has 0 spiro atoms. The van der Waals surface area contributed by atoms with Gasteiger partial charge in [0, 0.05) is 11.3 Å². The van der Waals surface area contributed by atoms with Crippen molar-refractivity contribution in [3.8, 4) is 0 Å². The number of benzene rings is 1. The molecule has 0 saturated heterocycles. The van der Waals surface area contributed by atoms with Crippen LogP contribution in [0.15, 0.2) is 64.4 Å². The van der Waals surface area contributed by atoms with Gasteiger partial charge in [-0.15, -0.1) is 27.8 Å². The van der Waals surface area contributed by atoms with Crippen molar-refractivity contribution in [2.24, 2.45) is 5.10 Å². The molecule has 134 valence electrons. The summed E-state index contributed by atoms with van der Waals surface area (Å²) >= 11 is 3.30. The van der Waals surface area contributed by atoms with Gasteiger partial charge >= 0.3 is 0 Å². The molecule has 4 heterocycles. The summed E-state index contributed by atoms with van der Waals surface area (Å²) < 4.78 is 1.64. The monoisotopic (exact) mass is 393 g/mol. The largest absolute Gasteiger partial charge is 0.271 e. The Balaban J connectivity index is 1.47. The predicted molar refractivity (Wildman–Crippen MR) is 107 cm³/mol. The minimum Gasteiger partial charge on any atom is -0.271 e. The molecule has 8 heteroatoms. The number of nitrogens with zero attached hydrogens (tertiary/aromatic N) is 5.